The van der Waals surface area contributed by atoms with Crippen LogP contribution in [0.5, 0.6) is 0 Å². The van der Waals surface area contributed by atoms with Gasteiger partial charge in [-0.25, -0.2) is 18.2 Å². The fourth-order valence-corrected chi connectivity index (χ4v) is 2.67. The lowest BCUT2D eigenvalue weighted by Gasteiger charge is -2.19. The number of hydrogen-bond acceptors (Lipinski definition) is 6. The Bertz CT molecular complexity index is 597. The number of methoxy groups -OCH3 is 1. The minimum atomic E-state index is -3.65. The summed E-state index contributed by atoms with van der Waals surface area (Å²) in [6, 6.07) is -0.422. The van der Waals surface area contributed by atoms with Crippen molar-refractivity contribution < 1.29 is 17.9 Å². The van der Waals surface area contributed by atoms with Crippen LogP contribution in [-0.2, 0) is 14.6 Å². The van der Waals surface area contributed by atoms with E-state index in [2.05, 4.69) is 16.7 Å². The molecule has 1 amide bonds. The van der Waals surface area contributed by atoms with Gasteiger partial charge in [-0.05, 0) is 6.42 Å². The maximum absolute atomic E-state index is 12.3. The number of carbonyl (C=O) groups is 1. The summed E-state index contributed by atoms with van der Waals surface area (Å²) < 4.78 is 29.6. The van der Waals surface area contributed by atoms with Crippen molar-refractivity contribution in [2.75, 3.05) is 32.6 Å². The van der Waals surface area contributed by atoms with Gasteiger partial charge in [0.25, 0.3) is 5.16 Å². The predicted octanol–water partition coefficient (Wildman–Crippen LogP) is 0.954. The Hall–Kier alpha value is -1.74. The van der Waals surface area contributed by atoms with Gasteiger partial charge in [-0.3, -0.25) is 0 Å². The van der Waals surface area contributed by atoms with E-state index in [-0.39, 0.29) is 17.5 Å². The molecule has 1 aromatic rings. The van der Waals surface area contributed by atoms with Gasteiger partial charge in [0.2, 0.25) is 9.84 Å². The highest BCUT2D eigenvalue weighted by Crippen LogP contribution is 2.06. The summed E-state index contributed by atoms with van der Waals surface area (Å²) in [5.41, 5.74) is 0. The molecule has 0 radical (unpaired) electrons. The molecule has 22 heavy (non-hydrogen) atoms. The minimum Gasteiger partial charge on any atom is -0.384 e. The van der Waals surface area contributed by atoms with Crippen molar-refractivity contribution >= 4 is 15.9 Å². The van der Waals surface area contributed by atoms with Crippen LogP contribution in [0.25, 0.3) is 0 Å². The van der Waals surface area contributed by atoms with Gasteiger partial charge in [0, 0.05) is 20.2 Å². The zero-order valence-corrected chi connectivity index (χ0v) is 13.8. The molecule has 1 rings (SSSR count). The Balaban J connectivity index is 2.88. The van der Waals surface area contributed by atoms with E-state index in [1.165, 1.54) is 12.0 Å². The molecule has 0 unspecified atom stereocenters. The topological polar surface area (TPSA) is 94.4 Å². The normalized spacial score (nSPS) is 11.4. The molecule has 1 heterocycles. The second-order valence-electron chi connectivity index (χ2n) is 4.65. The molecule has 124 valence electrons. The number of ether oxygens (including phenoxy) is 1. The number of aromatic nitrogens is 3. The van der Waals surface area contributed by atoms with E-state index < -0.39 is 15.9 Å². The SMILES string of the molecule is C=CCN(CCCC)C(=O)n1cnc(S(=O)(=O)CCOC)n1. The summed E-state index contributed by atoms with van der Waals surface area (Å²) in [5.74, 6) is -0.228. The molecule has 1 aromatic heterocycles. The smallest absolute Gasteiger partial charge is 0.346 e. The van der Waals surface area contributed by atoms with E-state index in [1.807, 2.05) is 6.92 Å². The quantitative estimate of drug-likeness (QED) is 0.626. The van der Waals surface area contributed by atoms with E-state index in [9.17, 15) is 13.2 Å². The lowest BCUT2D eigenvalue weighted by Crippen LogP contribution is -2.36. The van der Waals surface area contributed by atoms with Gasteiger partial charge >= 0.3 is 6.03 Å². The molecule has 0 saturated heterocycles. The first kappa shape index (κ1) is 18.3. The number of sulfone groups is 1. The molecule has 0 atom stereocenters. The number of hydrogen-bond donors (Lipinski definition) is 0. The summed E-state index contributed by atoms with van der Waals surface area (Å²) in [6.45, 7) is 6.59. The van der Waals surface area contributed by atoms with Crippen molar-refractivity contribution in [2.45, 2.75) is 24.9 Å². The van der Waals surface area contributed by atoms with E-state index in [0.717, 1.165) is 23.9 Å². The summed E-state index contributed by atoms with van der Waals surface area (Å²) in [4.78, 5) is 17.6. The molecular formula is C13H22N4O4S. The molecule has 0 bridgehead atoms. The maximum atomic E-state index is 12.3. The van der Waals surface area contributed by atoms with Crippen LogP contribution >= 0.6 is 0 Å². The molecule has 8 nitrogen and oxygen atoms in total. The second-order valence-corrected chi connectivity index (χ2v) is 6.66. The van der Waals surface area contributed by atoms with Crippen molar-refractivity contribution in [3.63, 3.8) is 0 Å². The Morgan fingerprint density at radius 1 is 1.55 bits per heavy atom. The number of carbonyl (C=O) groups excluding carboxylic acids is 1. The molecule has 0 spiro atoms. The average molecular weight is 330 g/mol. The molecule has 0 aliphatic heterocycles. The summed E-state index contributed by atoms with van der Waals surface area (Å²) in [6.07, 6.45) is 4.51. The van der Waals surface area contributed by atoms with Crippen LogP contribution in [0.4, 0.5) is 4.79 Å². The summed E-state index contributed by atoms with van der Waals surface area (Å²) >= 11 is 0. The van der Waals surface area contributed by atoms with Gasteiger partial charge < -0.3 is 9.64 Å². The van der Waals surface area contributed by atoms with Crippen LogP contribution in [0, 0.1) is 0 Å². The van der Waals surface area contributed by atoms with Gasteiger partial charge in [0.1, 0.15) is 6.33 Å². The number of unbranched alkanes of at least 4 members (excludes halogenated alkanes) is 1. The zero-order chi connectivity index (χ0) is 16.6. The van der Waals surface area contributed by atoms with Crippen LogP contribution < -0.4 is 0 Å². The van der Waals surface area contributed by atoms with Crippen LogP contribution in [0.3, 0.4) is 0 Å². The molecule has 0 aliphatic carbocycles. The Morgan fingerprint density at radius 2 is 2.27 bits per heavy atom. The first-order chi connectivity index (χ1) is 10.5. The molecule has 0 aliphatic rings. The van der Waals surface area contributed by atoms with Crippen molar-refractivity contribution in [3.05, 3.63) is 19.0 Å². The molecular weight excluding hydrogens is 308 g/mol. The fourth-order valence-electron chi connectivity index (χ4n) is 1.68. The highest BCUT2D eigenvalue weighted by molar-refractivity contribution is 7.91. The molecule has 0 N–H and O–H groups in total. The maximum Gasteiger partial charge on any atom is 0.346 e. The molecule has 0 aromatic carbocycles. The van der Waals surface area contributed by atoms with E-state index >= 15 is 0 Å². The Morgan fingerprint density at radius 3 is 2.86 bits per heavy atom. The fraction of sp³-hybridized carbons (Fsp3) is 0.615. The lowest BCUT2D eigenvalue weighted by molar-refractivity contribution is 0.200. The van der Waals surface area contributed by atoms with E-state index in [0.29, 0.717) is 13.1 Å². The summed E-state index contributed by atoms with van der Waals surface area (Å²) in [7, 11) is -2.24. The standard InChI is InChI=1S/C13H22N4O4S/c1-4-6-8-16(7-5-2)13(18)17-11-14-12(15-17)22(19,20)10-9-21-3/h5,11H,2,4,6-10H2,1,3H3. The Kier molecular flexibility index (Phi) is 7.19. The van der Waals surface area contributed by atoms with Gasteiger partial charge in [0.15, 0.2) is 0 Å². The predicted molar refractivity (Wildman–Crippen MR) is 81.4 cm³/mol. The van der Waals surface area contributed by atoms with Crippen molar-refractivity contribution in [2.24, 2.45) is 0 Å². The van der Waals surface area contributed by atoms with Crippen molar-refractivity contribution in [1.29, 1.82) is 0 Å². The van der Waals surface area contributed by atoms with Gasteiger partial charge in [-0.2, -0.15) is 4.68 Å². The second kappa shape index (κ2) is 8.64. The molecule has 0 saturated carbocycles. The minimum absolute atomic E-state index is 0.0455. The monoisotopic (exact) mass is 330 g/mol. The molecule has 9 heteroatoms. The highest BCUT2D eigenvalue weighted by atomic mass is 32.2. The summed E-state index contributed by atoms with van der Waals surface area (Å²) in [5, 5.41) is 3.41. The van der Waals surface area contributed by atoms with Gasteiger partial charge in [-0.1, -0.05) is 19.4 Å². The van der Waals surface area contributed by atoms with Gasteiger partial charge in [-0.15, -0.1) is 11.7 Å². The average Bonchev–Trinajstić information content (AvgIpc) is 2.99. The van der Waals surface area contributed by atoms with Crippen LogP contribution in [-0.4, -0.2) is 66.7 Å². The van der Waals surface area contributed by atoms with Crippen LogP contribution in [0.15, 0.2) is 24.1 Å². The van der Waals surface area contributed by atoms with Crippen LogP contribution in [0.1, 0.15) is 19.8 Å². The van der Waals surface area contributed by atoms with E-state index in [4.69, 9.17) is 4.74 Å². The number of amides is 1. The van der Waals surface area contributed by atoms with Gasteiger partial charge in [0.05, 0.1) is 12.4 Å². The highest BCUT2D eigenvalue weighted by Gasteiger charge is 2.22. The van der Waals surface area contributed by atoms with Crippen molar-refractivity contribution in [3.8, 4) is 0 Å². The third kappa shape index (κ3) is 4.92. The Labute approximate surface area is 130 Å². The zero-order valence-electron chi connectivity index (χ0n) is 12.9. The third-order valence-corrected chi connectivity index (χ3v) is 4.35. The lowest BCUT2D eigenvalue weighted by atomic mass is 10.3. The first-order valence-corrected chi connectivity index (χ1v) is 8.65. The first-order valence-electron chi connectivity index (χ1n) is 6.99. The largest absolute Gasteiger partial charge is 0.384 e. The van der Waals surface area contributed by atoms with Crippen molar-refractivity contribution in [1.82, 2.24) is 19.7 Å². The third-order valence-electron chi connectivity index (χ3n) is 2.90. The molecule has 0 fully saturated rings. The van der Waals surface area contributed by atoms with E-state index in [1.54, 1.807) is 6.08 Å². The number of rotatable bonds is 9. The number of nitrogens with zero attached hydrogens (tertiary/aromatic N) is 4. The van der Waals surface area contributed by atoms with Crippen LogP contribution in [0.2, 0.25) is 0 Å².